The first-order chi connectivity index (χ1) is 8.73. The van der Waals surface area contributed by atoms with Crippen LogP contribution in [0.25, 0.3) is 0 Å². The molecule has 0 radical (unpaired) electrons. The van der Waals surface area contributed by atoms with Crippen LogP contribution in [-0.4, -0.2) is 49.1 Å². The SMILES string of the molecule is CCC1(C(=O)NC2CCN(C3CC3)C2)CCNC1. The summed E-state index contributed by atoms with van der Waals surface area (Å²) in [5, 5.41) is 6.64. The van der Waals surface area contributed by atoms with Gasteiger partial charge in [-0.25, -0.2) is 0 Å². The predicted octanol–water partition coefficient (Wildman–Crippen LogP) is 0.729. The van der Waals surface area contributed by atoms with E-state index in [1.54, 1.807) is 0 Å². The quantitative estimate of drug-likeness (QED) is 0.774. The number of nitrogens with one attached hydrogen (secondary N) is 2. The molecule has 3 aliphatic rings. The molecule has 18 heavy (non-hydrogen) atoms. The molecular weight excluding hydrogens is 226 g/mol. The summed E-state index contributed by atoms with van der Waals surface area (Å²) in [5.41, 5.74) is -0.132. The van der Waals surface area contributed by atoms with Gasteiger partial charge in [-0.05, 0) is 38.6 Å². The Labute approximate surface area is 109 Å². The molecule has 2 saturated heterocycles. The lowest BCUT2D eigenvalue weighted by Gasteiger charge is -2.27. The third-order valence-corrected chi connectivity index (χ3v) is 5.02. The predicted molar refractivity (Wildman–Crippen MR) is 71.4 cm³/mol. The summed E-state index contributed by atoms with van der Waals surface area (Å²) in [4.78, 5) is 15.0. The van der Waals surface area contributed by atoms with E-state index in [0.29, 0.717) is 6.04 Å². The molecule has 3 fully saturated rings. The molecule has 0 aromatic rings. The number of likely N-dealkylation sites (tertiary alicyclic amines) is 1. The molecule has 0 aromatic carbocycles. The van der Waals surface area contributed by atoms with Crippen LogP contribution in [0.15, 0.2) is 0 Å². The van der Waals surface area contributed by atoms with Crippen molar-refractivity contribution in [2.75, 3.05) is 26.2 Å². The highest BCUT2D eigenvalue weighted by Gasteiger charge is 2.41. The molecule has 2 heterocycles. The molecule has 0 spiro atoms. The molecule has 1 aliphatic carbocycles. The van der Waals surface area contributed by atoms with E-state index in [2.05, 4.69) is 22.5 Å². The number of amides is 1. The third-order valence-electron chi connectivity index (χ3n) is 5.02. The number of hydrogen-bond donors (Lipinski definition) is 2. The summed E-state index contributed by atoms with van der Waals surface area (Å²) in [6.45, 7) is 6.23. The number of rotatable bonds is 4. The van der Waals surface area contributed by atoms with Gasteiger partial charge in [-0.3, -0.25) is 9.69 Å². The summed E-state index contributed by atoms with van der Waals surface area (Å²) in [6.07, 6.45) is 5.81. The van der Waals surface area contributed by atoms with Crippen molar-refractivity contribution in [3.8, 4) is 0 Å². The van der Waals surface area contributed by atoms with Crippen LogP contribution in [0.4, 0.5) is 0 Å². The molecule has 3 rings (SSSR count). The zero-order chi connectivity index (χ0) is 12.6. The molecule has 2 N–H and O–H groups in total. The second-order valence-electron chi connectivity index (χ2n) is 6.25. The Balaban J connectivity index is 1.54. The van der Waals surface area contributed by atoms with E-state index in [0.717, 1.165) is 44.9 Å². The van der Waals surface area contributed by atoms with Gasteiger partial charge in [0.25, 0.3) is 0 Å². The average molecular weight is 251 g/mol. The number of hydrogen-bond acceptors (Lipinski definition) is 3. The summed E-state index contributed by atoms with van der Waals surface area (Å²) < 4.78 is 0. The molecule has 2 aliphatic heterocycles. The van der Waals surface area contributed by atoms with Crippen LogP contribution in [0.2, 0.25) is 0 Å². The van der Waals surface area contributed by atoms with Crippen molar-refractivity contribution in [3.05, 3.63) is 0 Å². The largest absolute Gasteiger partial charge is 0.352 e. The average Bonchev–Trinajstić information content (AvgIpc) is 2.93. The monoisotopic (exact) mass is 251 g/mol. The van der Waals surface area contributed by atoms with Gasteiger partial charge in [0.05, 0.1) is 5.41 Å². The van der Waals surface area contributed by atoms with Gasteiger partial charge in [-0.1, -0.05) is 6.92 Å². The van der Waals surface area contributed by atoms with Gasteiger partial charge in [-0.2, -0.15) is 0 Å². The van der Waals surface area contributed by atoms with Crippen molar-refractivity contribution < 1.29 is 4.79 Å². The van der Waals surface area contributed by atoms with Crippen LogP contribution >= 0.6 is 0 Å². The van der Waals surface area contributed by atoms with Crippen LogP contribution in [-0.2, 0) is 4.79 Å². The first-order valence-electron chi connectivity index (χ1n) is 7.49. The van der Waals surface area contributed by atoms with Crippen LogP contribution in [0.5, 0.6) is 0 Å². The van der Waals surface area contributed by atoms with Crippen molar-refractivity contribution in [1.29, 1.82) is 0 Å². The van der Waals surface area contributed by atoms with Crippen LogP contribution in [0.3, 0.4) is 0 Å². The van der Waals surface area contributed by atoms with Gasteiger partial charge in [0.15, 0.2) is 0 Å². The highest BCUT2D eigenvalue weighted by molar-refractivity contribution is 5.83. The summed E-state index contributed by atoms with van der Waals surface area (Å²) >= 11 is 0. The highest BCUT2D eigenvalue weighted by Crippen LogP contribution is 2.32. The summed E-state index contributed by atoms with van der Waals surface area (Å²) in [5.74, 6) is 0.289. The molecule has 102 valence electrons. The van der Waals surface area contributed by atoms with E-state index in [1.807, 2.05) is 0 Å². The lowest BCUT2D eigenvalue weighted by atomic mass is 9.83. The van der Waals surface area contributed by atoms with Gasteiger partial charge in [-0.15, -0.1) is 0 Å². The molecule has 2 atom stereocenters. The number of carbonyl (C=O) groups excluding carboxylic acids is 1. The maximum absolute atomic E-state index is 12.5. The van der Waals surface area contributed by atoms with Crippen LogP contribution in [0.1, 0.15) is 39.0 Å². The standard InChI is InChI=1S/C14H25N3O/c1-2-14(6-7-15-10-14)13(18)16-11-5-8-17(9-11)12-3-4-12/h11-12,15H,2-10H2,1H3,(H,16,18). The molecule has 2 unspecified atom stereocenters. The topological polar surface area (TPSA) is 44.4 Å². The first kappa shape index (κ1) is 12.4. The smallest absolute Gasteiger partial charge is 0.227 e. The molecule has 0 aromatic heterocycles. The molecule has 0 bridgehead atoms. The van der Waals surface area contributed by atoms with Crippen molar-refractivity contribution in [2.45, 2.75) is 51.1 Å². The number of carbonyl (C=O) groups is 1. The third kappa shape index (κ3) is 2.28. The summed E-state index contributed by atoms with van der Waals surface area (Å²) in [6, 6.07) is 1.22. The van der Waals surface area contributed by atoms with Gasteiger partial charge in [0.1, 0.15) is 0 Å². The zero-order valence-electron chi connectivity index (χ0n) is 11.4. The van der Waals surface area contributed by atoms with E-state index in [9.17, 15) is 4.79 Å². The Morgan fingerprint density at radius 1 is 1.44 bits per heavy atom. The van der Waals surface area contributed by atoms with E-state index >= 15 is 0 Å². The Kier molecular flexibility index (Phi) is 3.32. The van der Waals surface area contributed by atoms with Crippen molar-refractivity contribution in [1.82, 2.24) is 15.5 Å². The maximum atomic E-state index is 12.5. The van der Waals surface area contributed by atoms with Crippen LogP contribution in [0, 0.1) is 5.41 Å². The fraction of sp³-hybridized carbons (Fsp3) is 0.929. The molecule has 1 amide bonds. The fourth-order valence-corrected chi connectivity index (χ4v) is 3.41. The lowest BCUT2D eigenvalue weighted by Crippen LogP contribution is -2.47. The lowest BCUT2D eigenvalue weighted by molar-refractivity contribution is -0.131. The normalized spacial score (nSPS) is 37.1. The minimum absolute atomic E-state index is 0.132. The van der Waals surface area contributed by atoms with Crippen molar-refractivity contribution >= 4 is 5.91 Å². The van der Waals surface area contributed by atoms with Gasteiger partial charge < -0.3 is 10.6 Å². The molecule has 4 nitrogen and oxygen atoms in total. The molecule has 4 heteroatoms. The first-order valence-corrected chi connectivity index (χ1v) is 7.49. The van der Waals surface area contributed by atoms with Gasteiger partial charge in [0.2, 0.25) is 5.91 Å². The second-order valence-corrected chi connectivity index (χ2v) is 6.25. The minimum atomic E-state index is -0.132. The van der Waals surface area contributed by atoms with E-state index in [1.165, 1.54) is 19.4 Å². The van der Waals surface area contributed by atoms with Gasteiger partial charge in [0, 0.05) is 31.7 Å². The maximum Gasteiger partial charge on any atom is 0.227 e. The van der Waals surface area contributed by atoms with Crippen molar-refractivity contribution in [2.24, 2.45) is 5.41 Å². The van der Waals surface area contributed by atoms with E-state index < -0.39 is 0 Å². The Bertz CT molecular complexity index is 321. The molecular formula is C14H25N3O. The van der Waals surface area contributed by atoms with Crippen LogP contribution < -0.4 is 10.6 Å². The minimum Gasteiger partial charge on any atom is -0.352 e. The Morgan fingerprint density at radius 2 is 2.28 bits per heavy atom. The second kappa shape index (κ2) is 4.82. The Morgan fingerprint density at radius 3 is 2.89 bits per heavy atom. The van der Waals surface area contributed by atoms with Crippen molar-refractivity contribution in [3.63, 3.8) is 0 Å². The summed E-state index contributed by atoms with van der Waals surface area (Å²) in [7, 11) is 0. The highest BCUT2D eigenvalue weighted by atomic mass is 16.2. The Hall–Kier alpha value is -0.610. The van der Waals surface area contributed by atoms with E-state index in [4.69, 9.17) is 0 Å². The van der Waals surface area contributed by atoms with Gasteiger partial charge >= 0.3 is 0 Å². The zero-order valence-corrected chi connectivity index (χ0v) is 11.4. The fourth-order valence-electron chi connectivity index (χ4n) is 3.41. The number of nitrogens with zero attached hydrogens (tertiary/aromatic N) is 1. The van der Waals surface area contributed by atoms with E-state index in [-0.39, 0.29) is 11.3 Å². The molecule has 1 saturated carbocycles.